The number of carbonyl (C=O) groups is 1. The Morgan fingerprint density at radius 2 is 1.80 bits per heavy atom. The summed E-state index contributed by atoms with van der Waals surface area (Å²) >= 11 is 0. The van der Waals surface area contributed by atoms with Gasteiger partial charge in [0.25, 0.3) is 5.91 Å². The summed E-state index contributed by atoms with van der Waals surface area (Å²) in [5.74, 6) is 0.116. The van der Waals surface area contributed by atoms with Crippen LogP contribution in [0.3, 0.4) is 0 Å². The lowest BCUT2D eigenvalue weighted by atomic mass is 9.96. The number of amides is 1. The summed E-state index contributed by atoms with van der Waals surface area (Å²) in [5.41, 5.74) is 5.46. The molecule has 0 unspecified atom stereocenters. The maximum Gasteiger partial charge on any atom is 0.258 e. The lowest BCUT2D eigenvalue weighted by Crippen LogP contribution is -2.37. The molecule has 1 atom stereocenters. The van der Waals surface area contributed by atoms with Crippen molar-refractivity contribution in [3.05, 3.63) is 59.2 Å². The second-order valence-electron chi connectivity index (χ2n) is 7.10. The highest BCUT2D eigenvalue weighted by atomic mass is 16.2. The van der Waals surface area contributed by atoms with Gasteiger partial charge >= 0.3 is 0 Å². The Hall–Kier alpha value is -2.33. The summed E-state index contributed by atoms with van der Waals surface area (Å²) < 4.78 is 0. The van der Waals surface area contributed by atoms with Crippen LogP contribution in [0.2, 0.25) is 0 Å². The van der Waals surface area contributed by atoms with Crippen molar-refractivity contribution in [3.63, 3.8) is 0 Å². The fourth-order valence-corrected chi connectivity index (χ4v) is 3.94. The molecule has 2 aromatic rings. The van der Waals surface area contributed by atoms with Crippen molar-refractivity contribution in [2.24, 2.45) is 0 Å². The van der Waals surface area contributed by atoms with Crippen molar-refractivity contribution in [3.8, 4) is 0 Å². The van der Waals surface area contributed by atoms with Crippen LogP contribution in [0.4, 0.5) is 11.4 Å². The highest BCUT2D eigenvalue weighted by molar-refractivity contribution is 6.08. The van der Waals surface area contributed by atoms with E-state index in [1.165, 1.54) is 23.2 Å². The summed E-state index contributed by atoms with van der Waals surface area (Å²) in [5, 5.41) is 3.35. The van der Waals surface area contributed by atoms with Gasteiger partial charge in [0.2, 0.25) is 0 Å². The first kappa shape index (κ1) is 16.2. The van der Waals surface area contributed by atoms with Crippen molar-refractivity contribution in [1.82, 2.24) is 5.32 Å². The topological polar surface area (TPSA) is 35.6 Å². The fourth-order valence-electron chi connectivity index (χ4n) is 3.94. The predicted molar refractivity (Wildman–Crippen MR) is 103 cm³/mol. The van der Waals surface area contributed by atoms with Gasteiger partial charge in [0.15, 0.2) is 0 Å². The zero-order valence-electron chi connectivity index (χ0n) is 15.0. The molecular weight excluding hydrogens is 310 g/mol. The van der Waals surface area contributed by atoms with Crippen molar-refractivity contribution in [2.75, 3.05) is 36.5 Å². The minimum absolute atomic E-state index is 0.116. The van der Waals surface area contributed by atoms with E-state index in [9.17, 15) is 4.79 Å². The van der Waals surface area contributed by atoms with Crippen LogP contribution in [0, 0.1) is 6.92 Å². The lowest BCUT2D eigenvalue weighted by Gasteiger charge is -2.29. The monoisotopic (exact) mass is 335 g/mol. The fraction of sp³-hybridized carbons (Fsp3) is 0.381. The third-order valence-electron chi connectivity index (χ3n) is 5.46. The third kappa shape index (κ3) is 3.02. The van der Waals surface area contributed by atoms with Gasteiger partial charge in [-0.1, -0.05) is 17.7 Å². The molecule has 1 N–H and O–H groups in total. The molecule has 2 heterocycles. The van der Waals surface area contributed by atoms with Crippen LogP contribution in [-0.4, -0.2) is 38.6 Å². The number of aryl methyl sites for hydroxylation is 1. The number of likely N-dealkylation sites (N-methyl/N-ethyl adjacent to an activating group) is 1. The van der Waals surface area contributed by atoms with Gasteiger partial charge < -0.3 is 15.1 Å². The van der Waals surface area contributed by atoms with Gasteiger partial charge in [0, 0.05) is 42.6 Å². The standard InChI is InChI=1S/C21H25N3O/c1-15-3-8-20-16(13-15)9-12-24(21(20)25)19-6-4-18(5-7-19)23-11-10-17(14-23)22-2/h3-8,13,17,22H,9-12,14H2,1-2H3/t17-/m1/s1. The molecule has 2 aliphatic heterocycles. The van der Waals surface area contributed by atoms with Crippen LogP contribution < -0.4 is 15.1 Å². The van der Waals surface area contributed by atoms with E-state index in [2.05, 4.69) is 47.5 Å². The van der Waals surface area contributed by atoms with E-state index < -0.39 is 0 Å². The first-order chi connectivity index (χ1) is 12.2. The van der Waals surface area contributed by atoms with Gasteiger partial charge in [-0.3, -0.25) is 4.79 Å². The molecule has 0 aromatic heterocycles. The molecule has 4 nitrogen and oxygen atoms in total. The molecule has 1 saturated heterocycles. The number of nitrogens with one attached hydrogen (secondary N) is 1. The second kappa shape index (κ2) is 6.52. The molecule has 4 rings (SSSR count). The quantitative estimate of drug-likeness (QED) is 0.937. The molecule has 130 valence electrons. The smallest absolute Gasteiger partial charge is 0.258 e. The lowest BCUT2D eigenvalue weighted by molar-refractivity contribution is 0.0980. The number of carbonyl (C=O) groups excluding carboxylic acids is 1. The van der Waals surface area contributed by atoms with Crippen LogP contribution >= 0.6 is 0 Å². The number of anilines is 2. The Bertz CT molecular complexity index is 784. The van der Waals surface area contributed by atoms with E-state index >= 15 is 0 Å². The van der Waals surface area contributed by atoms with E-state index in [4.69, 9.17) is 0 Å². The number of fused-ring (bicyclic) bond motifs is 1. The zero-order chi connectivity index (χ0) is 17.4. The molecular formula is C21H25N3O. The number of nitrogens with zero attached hydrogens (tertiary/aromatic N) is 2. The molecule has 0 radical (unpaired) electrons. The van der Waals surface area contributed by atoms with Crippen LogP contribution in [0.1, 0.15) is 27.9 Å². The second-order valence-corrected chi connectivity index (χ2v) is 7.10. The first-order valence-corrected chi connectivity index (χ1v) is 9.09. The average molecular weight is 335 g/mol. The summed E-state index contributed by atoms with van der Waals surface area (Å²) in [6.45, 7) is 4.96. The Morgan fingerprint density at radius 3 is 2.52 bits per heavy atom. The first-order valence-electron chi connectivity index (χ1n) is 9.09. The Morgan fingerprint density at radius 1 is 1.04 bits per heavy atom. The Labute approximate surface area is 149 Å². The van der Waals surface area contributed by atoms with Gasteiger partial charge in [0.1, 0.15) is 0 Å². The zero-order valence-corrected chi connectivity index (χ0v) is 15.0. The van der Waals surface area contributed by atoms with E-state index in [0.717, 1.165) is 37.3 Å². The van der Waals surface area contributed by atoms with Gasteiger partial charge in [0.05, 0.1) is 0 Å². The van der Waals surface area contributed by atoms with Crippen molar-refractivity contribution >= 4 is 17.3 Å². The van der Waals surface area contributed by atoms with Crippen LogP contribution in [-0.2, 0) is 6.42 Å². The third-order valence-corrected chi connectivity index (χ3v) is 5.46. The maximum atomic E-state index is 12.9. The minimum atomic E-state index is 0.116. The van der Waals surface area contributed by atoms with Crippen LogP contribution in [0.15, 0.2) is 42.5 Å². The normalized spacial score (nSPS) is 20.1. The number of rotatable bonds is 3. The molecule has 0 spiro atoms. The Balaban J connectivity index is 1.53. The summed E-state index contributed by atoms with van der Waals surface area (Å²) in [6, 6.07) is 15.2. The maximum absolute atomic E-state index is 12.9. The summed E-state index contributed by atoms with van der Waals surface area (Å²) in [4.78, 5) is 17.2. The number of benzene rings is 2. The molecule has 4 heteroatoms. The van der Waals surface area contributed by atoms with E-state index in [1.807, 2.05) is 24.1 Å². The van der Waals surface area contributed by atoms with Crippen molar-refractivity contribution < 1.29 is 4.79 Å². The van der Waals surface area contributed by atoms with Crippen molar-refractivity contribution in [2.45, 2.75) is 25.8 Å². The average Bonchev–Trinajstić information content (AvgIpc) is 3.11. The van der Waals surface area contributed by atoms with Gasteiger partial charge in [-0.15, -0.1) is 0 Å². The summed E-state index contributed by atoms with van der Waals surface area (Å²) in [6.07, 6.45) is 2.10. The molecule has 1 fully saturated rings. The molecule has 25 heavy (non-hydrogen) atoms. The number of hydrogen-bond acceptors (Lipinski definition) is 3. The van der Waals surface area contributed by atoms with Crippen molar-refractivity contribution in [1.29, 1.82) is 0 Å². The van der Waals surface area contributed by atoms with Gasteiger partial charge in [-0.2, -0.15) is 0 Å². The van der Waals surface area contributed by atoms with Crippen LogP contribution in [0.5, 0.6) is 0 Å². The molecule has 2 aromatic carbocycles. The molecule has 0 saturated carbocycles. The molecule has 2 aliphatic rings. The number of hydrogen-bond donors (Lipinski definition) is 1. The van der Waals surface area contributed by atoms with E-state index in [0.29, 0.717) is 6.04 Å². The molecule has 0 aliphatic carbocycles. The highest BCUT2D eigenvalue weighted by Crippen LogP contribution is 2.28. The minimum Gasteiger partial charge on any atom is -0.370 e. The van der Waals surface area contributed by atoms with Crippen LogP contribution in [0.25, 0.3) is 0 Å². The highest BCUT2D eigenvalue weighted by Gasteiger charge is 2.26. The largest absolute Gasteiger partial charge is 0.370 e. The molecule has 1 amide bonds. The predicted octanol–water partition coefficient (Wildman–Crippen LogP) is 3.00. The summed E-state index contributed by atoms with van der Waals surface area (Å²) in [7, 11) is 2.03. The van der Waals surface area contributed by atoms with E-state index in [1.54, 1.807) is 0 Å². The Kier molecular flexibility index (Phi) is 4.22. The van der Waals surface area contributed by atoms with E-state index in [-0.39, 0.29) is 5.91 Å². The SMILES string of the molecule is CN[C@@H]1CCN(c2ccc(N3CCc4cc(C)ccc4C3=O)cc2)C1. The van der Waals surface area contributed by atoms with Gasteiger partial charge in [-0.05, 0) is 62.7 Å². The van der Waals surface area contributed by atoms with Gasteiger partial charge in [-0.25, -0.2) is 0 Å². The molecule has 0 bridgehead atoms.